The van der Waals surface area contributed by atoms with Gasteiger partial charge < -0.3 is 10.0 Å². The van der Waals surface area contributed by atoms with E-state index in [2.05, 4.69) is 21.2 Å². The van der Waals surface area contributed by atoms with Crippen molar-refractivity contribution in [1.82, 2.24) is 0 Å². The number of nitrogens with zero attached hydrogens (tertiary/aromatic N) is 2. The first-order valence-corrected chi connectivity index (χ1v) is 4.88. The average Bonchev–Trinajstić information content (AvgIpc) is 2.19. The van der Waals surface area contributed by atoms with Crippen LogP contribution in [0.4, 0.5) is 5.69 Å². The fourth-order valence-electron chi connectivity index (χ4n) is 0.730. The van der Waals surface area contributed by atoms with E-state index in [-0.39, 0.29) is 0 Å². The van der Waals surface area contributed by atoms with Crippen LogP contribution in [0.25, 0.3) is 0 Å². The van der Waals surface area contributed by atoms with Gasteiger partial charge in [-0.15, -0.1) is 0 Å². The Bertz CT molecular complexity index is 277. The molecule has 0 aliphatic rings. The highest BCUT2D eigenvalue weighted by molar-refractivity contribution is 9.09. The van der Waals surface area contributed by atoms with Gasteiger partial charge in [0.1, 0.15) is 6.61 Å². The van der Waals surface area contributed by atoms with E-state index in [0.717, 1.165) is 0 Å². The van der Waals surface area contributed by atoms with Gasteiger partial charge in [0.05, 0.1) is 0 Å². The van der Waals surface area contributed by atoms with Gasteiger partial charge in [-0.2, -0.15) is 0 Å². The lowest BCUT2D eigenvalue weighted by atomic mass is 10.3. The first kappa shape index (κ1) is 9.98. The van der Waals surface area contributed by atoms with Gasteiger partial charge in [0, 0.05) is 17.5 Å². The van der Waals surface area contributed by atoms with Crippen molar-refractivity contribution in [3.05, 3.63) is 35.5 Å². The highest BCUT2D eigenvalue weighted by Gasteiger charge is 2.00. The maximum Gasteiger partial charge on any atom is 0.248 e. The van der Waals surface area contributed by atoms with E-state index in [0.29, 0.717) is 22.5 Å². The second kappa shape index (κ2) is 5.53. The van der Waals surface area contributed by atoms with Crippen molar-refractivity contribution in [2.24, 2.45) is 5.28 Å². The van der Waals surface area contributed by atoms with Crippen molar-refractivity contribution < 1.29 is 9.70 Å². The van der Waals surface area contributed by atoms with Crippen LogP contribution in [0, 0.1) is 5.21 Å². The lowest BCUT2D eigenvalue weighted by Crippen LogP contribution is -1.95. The molecule has 0 aromatic heterocycles. The van der Waals surface area contributed by atoms with Crippen LogP contribution in [0.2, 0.25) is 0 Å². The molecule has 4 nitrogen and oxygen atoms in total. The molecule has 0 aliphatic heterocycles. The number of halogens is 1. The predicted octanol–water partition coefficient (Wildman–Crippen LogP) is 2.61. The number of hydrogen-bond donors (Lipinski definition) is 0. The molecule has 13 heavy (non-hydrogen) atoms. The van der Waals surface area contributed by atoms with Crippen LogP contribution in [0.15, 0.2) is 35.6 Å². The molecule has 5 heteroatoms. The largest absolute Gasteiger partial charge is 0.592 e. The molecule has 1 rings (SSSR count). The molecular weight excluding hydrogens is 236 g/mol. The molecule has 0 amide bonds. The summed E-state index contributed by atoms with van der Waals surface area (Å²) < 4.78 is 0. The monoisotopic (exact) mass is 244 g/mol. The second-order valence-electron chi connectivity index (χ2n) is 2.21. The van der Waals surface area contributed by atoms with Crippen molar-refractivity contribution in [2.75, 3.05) is 11.9 Å². The maximum absolute atomic E-state index is 11.1. The summed E-state index contributed by atoms with van der Waals surface area (Å²) in [6.45, 7) is 0.381. The zero-order valence-corrected chi connectivity index (χ0v) is 8.48. The molecule has 0 bridgehead atoms. The van der Waals surface area contributed by atoms with Crippen molar-refractivity contribution in [3.8, 4) is 0 Å². The summed E-state index contributed by atoms with van der Waals surface area (Å²) in [6, 6.07) is 8.68. The summed E-state index contributed by atoms with van der Waals surface area (Å²) in [7, 11) is 0. The quantitative estimate of drug-likeness (QED) is 0.269. The van der Waals surface area contributed by atoms with Crippen LogP contribution in [0.1, 0.15) is 0 Å². The topological polar surface area (TPSA) is 47.7 Å². The van der Waals surface area contributed by atoms with Crippen LogP contribution in [0.5, 0.6) is 0 Å². The Morgan fingerprint density at radius 2 is 2.08 bits per heavy atom. The Balaban J connectivity index is 2.57. The highest BCUT2D eigenvalue weighted by Crippen LogP contribution is 2.09. The van der Waals surface area contributed by atoms with Gasteiger partial charge in [0.2, 0.25) is 11.0 Å². The van der Waals surface area contributed by atoms with E-state index in [9.17, 15) is 5.21 Å². The fourth-order valence-corrected chi connectivity index (χ4v) is 0.875. The smallest absolute Gasteiger partial charge is 0.248 e. The molecule has 0 heterocycles. The Hall–Kier alpha value is -1.10. The number of hydrogen-bond acceptors (Lipinski definition) is 3. The standard InChI is InChI=1S/C8H9BrN2O2/c9-6-7-13-10-11(12)8-4-2-1-3-5-8/h1-5H,6-7H2/b11-10-. The lowest BCUT2D eigenvalue weighted by Gasteiger charge is -1.97. The molecule has 0 spiro atoms. The van der Waals surface area contributed by atoms with E-state index in [1.807, 2.05) is 6.07 Å². The average molecular weight is 245 g/mol. The molecule has 0 radical (unpaired) electrons. The minimum atomic E-state index is 0.381. The SMILES string of the molecule is [O-]/[N+](=N\OCCBr)c1ccccc1. The summed E-state index contributed by atoms with van der Waals surface area (Å²) in [5, 5.41) is 15.1. The van der Waals surface area contributed by atoms with E-state index >= 15 is 0 Å². The minimum absolute atomic E-state index is 0.381. The number of rotatable bonds is 4. The van der Waals surface area contributed by atoms with E-state index in [1.54, 1.807) is 24.3 Å². The Kier molecular flexibility index (Phi) is 4.25. The number of benzene rings is 1. The molecule has 1 aromatic carbocycles. The first-order valence-electron chi connectivity index (χ1n) is 3.76. The third-order valence-electron chi connectivity index (χ3n) is 1.28. The molecule has 1 aromatic rings. The van der Waals surface area contributed by atoms with Gasteiger partial charge >= 0.3 is 0 Å². The molecule has 0 fully saturated rings. The van der Waals surface area contributed by atoms with Gasteiger partial charge in [-0.05, 0) is 4.86 Å². The third-order valence-corrected chi connectivity index (χ3v) is 1.60. The summed E-state index contributed by atoms with van der Waals surface area (Å²) in [6.07, 6.45) is 0. The molecule has 0 saturated carbocycles. The van der Waals surface area contributed by atoms with Crippen LogP contribution >= 0.6 is 15.9 Å². The minimum Gasteiger partial charge on any atom is -0.592 e. The van der Waals surface area contributed by atoms with Crippen molar-refractivity contribution in [3.63, 3.8) is 0 Å². The van der Waals surface area contributed by atoms with Crippen molar-refractivity contribution in [2.45, 2.75) is 0 Å². The maximum atomic E-state index is 11.1. The van der Waals surface area contributed by atoms with Gasteiger partial charge in [-0.25, -0.2) is 0 Å². The normalized spacial score (nSPS) is 11.3. The van der Waals surface area contributed by atoms with E-state index in [1.165, 1.54) is 0 Å². The Labute approximate surface area is 84.5 Å². The summed E-state index contributed by atoms with van der Waals surface area (Å²) in [5.74, 6) is 0. The molecule has 0 N–H and O–H groups in total. The number of alkyl halides is 1. The zero-order chi connectivity index (χ0) is 9.52. The Morgan fingerprint density at radius 1 is 1.38 bits per heavy atom. The van der Waals surface area contributed by atoms with Crippen LogP contribution in [-0.2, 0) is 4.84 Å². The first-order chi connectivity index (χ1) is 6.34. The van der Waals surface area contributed by atoms with Crippen molar-refractivity contribution >= 4 is 21.6 Å². The molecule has 70 valence electrons. The van der Waals surface area contributed by atoms with Gasteiger partial charge in [-0.3, -0.25) is 0 Å². The fraction of sp³-hybridized carbons (Fsp3) is 0.250. The number of para-hydroxylation sites is 1. The molecular formula is C8H9BrN2O2. The van der Waals surface area contributed by atoms with E-state index < -0.39 is 0 Å². The molecule has 0 atom stereocenters. The van der Waals surface area contributed by atoms with E-state index in [4.69, 9.17) is 4.84 Å². The highest BCUT2D eigenvalue weighted by atomic mass is 79.9. The van der Waals surface area contributed by atoms with Gasteiger partial charge in [-0.1, -0.05) is 34.1 Å². The van der Waals surface area contributed by atoms with Gasteiger partial charge in [0.15, 0.2) is 0 Å². The lowest BCUT2D eigenvalue weighted by molar-refractivity contribution is -0.478. The zero-order valence-electron chi connectivity index (χ0n) is 6.89. The van der Waals surface area contributed by atoms with Crippen LogP contribution in [0.3, 0.4) is 0 Å². The molecule has 0 unspecified atom stereocenters. The van der Waals surface area contributed by atoms with Crippen LogP contribution < -0.4 is 0 Å². The Morgan fingerprint density at radius 3 is 2.69 bits per heavy atom. The summed E-state index contributed by atoms with van der Waals surface area (Å²) in [4.78, 5) is 5.14. The third kappa shape index (κ3) is 3.42. The van der Waals surface area contributed by atoms with Gasteiger partial charge in [0.25, 0.3) is 0 Å². The molecule has 0 saturated heterocycles. The van der Waals surface area contributed by atoms with Crippen molar-refractivity contribution in [1.29, 1.82) is 0 Å². The summed E-state index contributed by atoms with van der Waals surface area (Å²) >= 11 is 3.15. The second-order valence-corrected chi connectivity index (χ2v) is 3.01. The molecule has 0 aliphatic carbocycles. The van der Waals surface area contributed by atoms with Crippen LogP contribution in [-0.4, -0.2) is 16.8 Å². The predicted molar refractivity (Wildman–Crippen MR) is 51.9 cm³/mol. The summed E-state index contributed by atoms with van der Waals surface area (Å²) in [5.41, 5.74) is 0.456.